The van der Waals surface area contributed by atoms with E-state index in [-0.39, 0.29) is 29.7 Å². The number of para-hydroxylation sites is 1. The number of nitrogens with zero attached hydrogens (tertiary/aromatic N) is 1. The minimum Gasteiger partial charge on any atom is -0.478 e. The molecule has 5 nitrogen and oxygen atoms in total. The SMILES string of the molecule is CC1CS(=O)(=O)CCN1c1c(Cl)cccc1C(=O)O. The summed E-state index contributed by atoms with van der Waals surface area (Å²) in [7, 11) is -3.05. The van der Waals surface area contributed by atoms with Gasteiger partial charge in [-0.2, -0.15) is 0 Å². The number of sulfone groups is 1. The molecule has 0 spiro atoms. The molecule has 1 fully saturated rings. The van der Waals surface area contributed by atoms with Crippen molar-refractivity contribution < 1.29 is 18.3 Å². The molecule has 1 atom stereocenters. The number of carboxylic acids is 1. The van der Waals surface area contributed by atoms with E-state index in [2.05, 4.69) is 0 Å². The van der Waals surface area contributed by atoms with Crippen LogP contribution in [0.1, 0.15) is 17.3 Å². The zero-order valence-electron chi connectivity index (χ0n) is 10.3. The van der Waals surface area contributed by atoms with Gasteiger partial charge in [0.15, 0.2) is 9.84 Å². The molecule has 1 aromatic carbocycles. The molecule has 1 N–H and O–H groups in total. The summed E-state index contributed by atoms with van der Waals surface area (Å²) in [5.74, 6) is -1.04. The lowest BCUT2D eigenvalue weighted by Gasteiger charge is -2.36. The second-order valence-electron chi connectivity index (χ2n) is 4.60. The summed E-state index contributed by atoms with van der Waals surface area (Å²) >= 11 is 6.09. The first-order valence-electron chi connectivity index (χ1n) is 5.81. The Hall–Kier alpha value is -1.27. The van der Waals surface area contributed by atoms with Crippen LogP contribution in [0.25, 0.3) is 0 Å². The van der Waals surface area contributed by atoms with Crippen LogP contribution >= 0.6 is 11.6 Å². The zero-order valence-corrected chi connectivity index (χ0v) is 11.9. The molecular weight excluding hydrogens is 290 g/mol. The number of benzene rings is 1. The highest BCUT2D eigenvalue weighted by molar-refractivity contribution is 7.91. The van der Waals surface area contributed by atoms with Gasteiger partial charge < -0.3 is 10.0 Å². The van der Waals surface area contributed by atoms with Crippen molar-refractivity contribution in [3.05, 3.63) is 28.8 Å². The average molecular weight is 304 g/mol. The van der Waals surface area contributed by atoms with Gasteiger partial charge in [0.25, 0.3) is 0 Å². The maximum atomic E-state index is 11.6. The Kier molecular flexibility index (Phi) is 3.73. The summed E-state index contributed by atoms with van der Waals surface area (Å²) in [4.78, 5) is 13.0. The molecule has 7 heteroatoms. The first-order chi connectivity index (χ1) is 8.82. The lowest BCUT2D eigenvalue weighted by molar-refractivity contribution is 0.0697. The molecular formula is C12H14ClNO4S. The molecule has 1 heterocycles. The van der Waals surface area contributed by atoms with Crippen LogP contribution in [0.4, 0.5) is 5.69 Å². The third-order valence-corrected chi connectivity index (χ3v) is 5.27. The second-order valence-corrected chi connectivity index (χ2v) is 7.23. The standard InChI is InChI=1S/C12H14ClNO4S/c1-8-7-19(17,18)6-5-14(8)11-9(12(15)16)3-2-4-10(11)13/h2-4,8H,5-7H2,1H3,(H,15,16). The first-order valence-corrected chi connectivity index (χ1v) is 8.00. The van der Waals surface area contributed by atoms with E-state index >= 15 is 0 Å². The lowest BCUT2D eigenvalue weighted by atomic mass is 10.1. The molecule has 1 aliphatic rings. The van der Waals surface area contributed by atoms with Crippen molar-refractivity contribution in [1.29, 1.82) is 0 Å². The van der Waals surface area contributed by atoms with Crippen LogP contribution in [0.2, 0.25) is 5.02 Å². The number of carbonyl (C=O) groups is 1. The molecule has 1 saturated heterocycles. The van der Waals surface area contributed by atoms with Gasteiger partial charge in [-0.25, -0.2) is 13.2 Å². The van der Waals surface area contributed by atoms with E-state index in [1.807, 2.05) is 0 Å². The van der Waals surface area contributed by atoms with E-state index < -0.39 is 15.8 Å². The molecule has 1 aliphatic heterocycles. The Labute approximate surface area is 116 Å². The van der Waals surface area contributed by atoms with E-state index in [1.165, 1.54) is 6.07 Å². The normalized spacial score (nSPS) is 22.2. The molecule has 19 heavy (non-hydrogen) atoms. The van der Waals surface area contributed by atoms with Crippen LogP contribution in [0.3, 0.4) is 0 Å². The van der Waals surface area contributed by atoms with Gasteiger partial charge >= 0.3 is 5.97 Å². The molecule has 0 bridgehead atoms. The van der Waals surface area contributed by atoms with Crippen molar-refractivity contribution in [3.63, 3.8) is 0 Å². The summed E-state index contributed by atoms with van der Waals surface area (Å²) < 4.78 is 23.1. The van der Waals surface area contributed by atoms with Gasteiger partial charge in [-0.05, 0) is 19.1 Å². The van der Waals surface area contributed by atoms with Crippen LogP contribution in [-0.4, -0.2) is 43.6 Å². The topological polar surface area (TPSA) is 74.7 Å². The van der Waals surface area contributed by atoms with Gasteiger partial charge in [-0.1, -0.05) is 17.7 Å². The fourth-order valence-electron chi connectivity index (χ4n) is 2.31. The highest BCUT2D eigenvalue weighted by Crippen LogP contribution is 2.33. The molecule has 0 aromatic heterocycles. The summed E-state index contributed by atoms with van der Waals surface area (Å²) in [5.41, 5.74) is 0.498. The number of rotatable bonds is 2. The van der Waals surface area contributed by atoms with Gasteiger partial charge in [0.2, 0.25) is 0 Å². The van der Waals surface area contributed by atoms with Crippen LogP contribution in [-0.2, 0) is 9.84 Å². The van der Waals surface area contributed by atoms with Crippen LogP contribution < -0.4 is 4.90 Å². The lowest BCUT2D eigenvalue weighted by Crippen LogP contribution is -2.47. The Bertz CT molecular complexity index is 614. The van der Waals surface area contributed by atoms with Gasteiger partial charge in [-0.3, -0.25) is 0 Å². The Morgan fingerprint density at radius 1 is 1.47 bits per heavy atom. The first kappa shape index (κ1) is 14.1. The van der Waals surface area contributed by atoms with E-state index in [0.717, 1.165) is 0 Å². The van der Waals surface area contributed by atoms with Gasteiger partial charge in [0.05, 0.1) is 27.8 Å². The minimum atomic E-state index is -3.05. The quantitative estimate of drug-likeness (QED) is 0.899. The van der Waals surface area contributed by atoms with Crippen LogP contribution in [0.15, 0.2) is 18.2 Å². The predicted octanol–water partition coefficient (Wildman–Crippen LogP) is 1.66. The number of carboxylic acid groups (broad SMARTS) is 1. The van der Waals surface area contributed by atoms with E-state index in [4.69, 9.17) is 11.6 Å². The molecule has 1 aromatic rings. The third-order valence-electron chi connectivity index (χ3n) is 3.17. The fourth-order valence-corrected chi connectivity index (χ4v) is 4.15. The second kappa shape index (κ2) is 5.02. The van der Waals surface area contributed by atoms with Crippen molar-refractivity contribution in [3.8, 4) is 0 Å². The predicted molar refractivity (Wildman–Crippen MR) is 73.9 cm³/mol. The van der Waals surface area contributed by atoms with Crippen LogP contribution in [0.5, 0.6) is 0 Å². The molecule has 0 radical (unpaired) electrons. The highest BCUT2D eigenvalue weighted by atomic mass is 35.5. The van der Waals surface area contributed by atoms with E-state index in [9.17, 15) is 18.3 Å². The van der Waals surface area contributed by atoms with Crippen molar-refractivity contribution >= 4 is 33.1 Å². The summed E-state index contributed by atoms with van der Waals surface area (Å²) in [6, 6.07) is 4.36. The number of halogens is 1. The van der Waals surface area contributed by atoms with E-state index in [0.29, 0.717) is 10.7 Å². The number of aromatic carboxylic acids is 1. The van der Waals surface area contributed by atoms with Crippen molar-refractivity contribution in [2.24, 2.45) is 0 Å². The van der Waals surface area contributed by atoms with Gasteiger partial charge in [0.1, 0.15) is 0 Å². The highest BCUT2D eigenvalue weighted by Gasteiger charge is 2.31. The van der Waals surface area contributed by atoms with Crippen molar-refractivity contribution in [1.82, 2.24) is 0 Å². The van der Waals surface area contributed by atoms with E-state index in [1.54, 1.807) is 24.0 Å². The van der Waals surface area contributed by atoms with Crippen molar-refractivity contribution in [2.75, 3.05) is 23.0 Å². The molecule has 2 rings (SSSR count). The fraction of sp³-hybridized carbons (Fsp3) is 0.417. The Balaban J connectivity index is 2.45. The largest absolute Gasteiger partial charge is 0.478 e. The molecule has 0 amide bonds. The molecule has 0 aliphatic carbocycles. The van der Waals surface area contributed by atoms with Gasteiger partial charge in [0, 0.05) is 12.6 Å². The Morgan fingerprint density at radius 2 is 2.16 bits per heavy atom. The molecule has 0 saturated carbocycles. The molecule has 104 valence electrons. The number of hydrogen-bond donors (Lipinski definition) is 1. The molecule has 1 unspecified atom stereocenters. The van der Waals surface area contributed by atoms with Crippen molar-refractivity contribution in [2.45, 2.75) is 13.0 Å². The minimum absolute atomic E-state index is 0.0112. The summed E-state index contributed by atoms with van der Waals surface area (Å²) in [5, 5.41) is 9.53. The average Bonchev–Trinajstić information content (AvgIpc) is 2.28. The Morgan fingerprint density at radius 3 is 2.74 bits per heavy atom. The summed E-state index contributed by atoms with van der Waals surface area (Å²) in [6.07, 6.45) is 0. The maximum absolute atomic E-state index is 11.6. The monoisotopic (exact) mass is 303 g/mol. The number of anilines is 1. The van der Waals surface area contributed by atoms with Gasteiger partial charge in [-0.15, -0.1) is 0 Å². The zero-order chi connectivity index (χ0) is 14.2. The number of hydrogen-bond acceptors (Lipinski definition) is 4. The van der Waals surface area contributed by atoms with Crippen LogP contribution in [0, 0.1) is 0 Å². The smallest absolute Gasteiger partial charge is 0.337 e. The third kappa shape index (κ3) is 2.84. The maximum Gasteiger partial charge on any atom is 0.337 e. The summed E-state index contributed by atoms with van der Waals surface area (Å²) in [6.45, 7) is 2.01.